The highest BCUT2D eigenvalue weighted by Crippen LogP contribution is 2.32. The van der Waals surface area contributed by atoms with Crippen LogP contribution < -0.4 is 15.3 Å². The second kappa shape index (κ2) is 5.91. The molecule has 0 saturated carbocycles. The van der Waals surface area contributed by atoms with Crippen LogP contribution in [0.25, 0.3) is 11.1 Å². The monoisotopic (exact) mass is 256 g/mol. The summed E-state index contributed by atoms with van der Waals surface area (Å²) in [6.45, 7) is 0. The summed E-state index contributed by atoms with van der Waals surface area (Å²) in [6.07, 6.45) is 1.62. The van der Waals surface area contributed by atoms with Gasteiger partial charge in [0.1, 0.15) is 0 Å². The van der Waals surface area contributed by atoms with E-state index in [0.29, 0.717) is 11.5 Å². The van der Waals surface area contributed by atoms with E-state index in [1.54, 1.807) is 20.4 Å². The molecule has 2 aromatic rings. The number of methoxy groups -OCH3 is 2. The maximum Gasteiger partial charge on any atom is 0.161 e. The fourth-order valence-corrected chi connectivity index (χ4v) is 1.90. The van der Waals surface area contributed by atoms with Crippen molar-refractivity contribution in [2.24, 2.45) is 10.9 Å². The molecule has 0 fully saturated rings. The van der Waals surface area contributed by atoms with Gasteiger partial charge in [0.05, 0.1) is 20.4 Å². The van der Waals surface area contributed by atoms with Gasteiger partial charge < -0.3 is 15.3 Å². The topological polar surface area (TPSA) is 56.8 Å². The largest absolute Gasteiger partial charge is 0.493 e. The second-order valence-corrected chi connectivity index (χ2v) is 3.97. The van der Waals surface area contributed by atoms with Crippen LogP contribution in [0.5, 0.6) is 11.5 Å². The minimum atomic E-state index is 0.706. The Morgan fingerprint density at radius 3 is 2.37 bits per heavy atom. The number of rotatable bonds is 4. The summed E-state index contributed by atoms with van der Waals surface area (Å²) >= 11 is 0. The summed E-state index contributed by atoms with van der Waals surface area (Å²) in [4.78, 5) is 0. The molecular formula is C15H16N2O2. The first-order valence-corrected chi connectivity index (χ1v) is 5.84. The predicted octanol–water partition coefficient (Wildman–Crippen LogP) is 2.66. The average molecular weight is 256 g/mol. The van der Waals surface area contributed by atoms with Crippen molar-refractivity contribution in [3.63, 3.8) is 0 Å². The number of hydrogen-bond acceptors (Lipinski definition) is 4. The third-order valence-electron chi connectivity index (χ3n) is 2.83. The quantitative estimate of drug-likeness (QED) is 0.520. The number of nitrogens with two attached hydrogens (primary N) is 1. The molecule has 0 aromatic heterocycles. The number of hydrogen-bond donors (Lipinski definition) is 1. The molecule has 0 aliphatic carbocycles. The minimum Gasteiger partial charge on any atom is -0.493 e. The van der Waals surface area contributed by atoms with E-state index in [-0.39, 0.29) is 0 Å². The zero-order valence-corrected chi connectivity index (χ0v) is 11.0. The summed E-state index contributed by atoms with van der Waals surface area (Å²) in [6, 6.07) is 13.8. The van der Waals surface area contributed by atoms with Gasteiger partial charge in [0.15, 0.2) is 11.5 Å². The molecule has 4 nitrogen and oxygen atoms in total. The highest BCUT2D eigenvalue weighted by atomic mass is 16.5. The Labute approximate surface area is 112 Å². The Kier molecular flexibility index (Phi) is 4.03. The average Bonchev–Trinajstić information content (AvgIpc) is 2.47. The Bertz CT molecular complexity index is 594. The Hall–Kier alpha value is -2.49. The zero-order valence-electron chi connectivity index (χ0n) is 11.0. The zero-order chi connectivity index (χ0) is 13.7. The molecule has 2 rings (SSSR count). The second-order valence-electron chi connectivity index (χ2n) is 3.97. The van der Waals surface area contributed by atoms with Crippen molar-refractivity contribution in [3.05, 3.63) is 48.0 Å². The van der Waals surface area contributed by atoms with E-state index in [1.165, 1.54) is 0 Å². The number of benzene rings is 2. The van der Waals surface area contributed by atoms with Crippen LogP contribution in [0, 0.1) is 0 Å². The van der Waals surface area contributed by atoms with Gasteiger partial charge in [-0.1, -0.05) is 24.3 Å². The fraction of sp³-hybridized carbons (Fsp3) is 0.133. The first kappa shape index (κ1) is 13.0. The lowest BCUT2D eigenvalue weighted by Crippen LogP contribution is -1.91. The van der Waals surface area contributed by atoms with Gasteiger partial charge in [-0.25, -0.2) is 0 Å². The molecule has 4 heteroatoms. The first-order valence-electron chi connectivity index (χ1n) is 5.84. The molecule has 0 spiro atoms. The summed E-state index contributed by atoms with van der Waals surface area (Å²) < 4.78 is 10.5. The van der Waals surface area contributed by atoms with Gasteiger partial charge in [0, 0.05) is 0 Å². The summed E-state index contributed by atoms with van der Waals surface area (Å²) in [5, 5.41) is 3.53. The van der Waals surface area contributed by atoms with E-state index in [4.69, 9.17) is 15.3 Å². The standard InChI is InChI=1S/C15H16N2O2/c1-18-14-7-6-13(9-15(14)19-2)12-5-3-4-11(8-12)10-17-16/h3-10H,16H2,1-2H3. The van der Waals surface area contributed by atoms with Crippen LogP contribution >= 0.6 is 0 Å². The SMILES string of the molecule is COc1ccc(-c2cccc(C=NN)c2)cc1OC. The normalized spacial score (nSPS) is 10.6. The van der Waals surface area contributed by atoms with Crippen LogP contribution in [0.2, 0.25) is 0 Å². The molecule has 98 valence electrons. The van der Waals surface area contributed by atoms with Crippen molar-refractivity contribution in [2.75, 3.05) is 14.2 Å². The maximum atomic E-state index is 5.30. The highest BCUT2D eigenvalue weighted by molar-refractivity contribution is 5.82. The Morgan fingerprint density at radius 2 is 1.68 bits per heavy atom. The molecule has 2 aromatic carbocycles. The van der Waals surface area contributed by atoms with Gasteiger partial charge in [-0.2, -0.15) is 5.10 Å². The van der Waals surface area contributed by atoms with Gasteiger partial charge in [-0.3, -0.25) is 0 Å². The van der Waals surface area contributed by atoms with Gasteiger partial charge in [-0.15, -0.1) is 0 Å². The molecule has 0 radical (unpaired) electrons. The van der Waals surface area contributed by atoms with Gasteiger partial charge in [0.2, 0.25) is 0 Å². The van der Waals surface area contributed by atoms with Gasteiger partial charge in [-0.05, 0) is 34.9 Å². The van der Waals surface area contributed by atoms with Crippen molar-refractivity contribution < 1.29 is 9.47 Å². The van der Waals surface area contributed by atoms with Crippen LogP contribution in [0.4, 0.5) is 0 Å². The summed E-state index contributed by atoms with van der Waals surface area (Å²) in [5.41, 5.74) is 3.07. The molecule has 0 amide bonds. The predicted molar refractivity (Wildman–Crippen MR) is 76.8 cm³/mol. The van der Waals surface area contributed by atoms with E-state index < -0.39 is 0 Å². The molecule has 0 bridgehead atoms. The molecule has 0 saturated heterocycles. The van der Waals surface area contributed by atoms with Crippen LogP contribution in [0.1, 0.15) is 5.56 Å². The molecule has 2 N–H and O–H groups in total. The van der Waals surface area contributed by atoms with Crippen molar-refractivity contribution in [3.8, 4) is 22.6 Å². The molecule has 0 aliphatic heterocycles. The number of ether oxygens (including phenoxy) is 2. The fourth-order valence-electron chi connectivity index (χ4n) is 1.90. The highest BCUT2D eigenvalue weighted by Gasteiger charge is 2.06. The van der Waals surface area contributed by atoms with Gasteiger partial charge in [0.25, 0.3) is 0 Å². The molecular weight excluding hydrogens is 240 g/mol. The van der Waals surface area contributed by atoms with E-state index >= 15 is 0 Å². The lowest BCUT2D eigenvalue weighted by atomic mass is 10.0. The lowest BCUT2D eigenvalue weighted by molar-refractivity contribution is 0.355. The van der Waals surface area contributed by atoms with Crippen molar-refractivity contribution in [1.82, 2.24) is 0 Å². The molecule has 0 heterocycles. The molecule has 0 unspecified atom stereocenters. The molecule has 19 heavy (non-hydrogen) atoms. The molecule has 0 aliphatic rings. The van der Waals surface area contributed by atoms with E-state index in [0.717, 1.165) is 16.7 Å². The van der Waals surface area contributed by atoms with E-state index in [9.17, 15) is 0 Å². The summed E-state index contributed by atoms with van der Waals surface area (Å²) in [7, 11) is 3.25. The van der Waals surface area contributed by atoms with E-state index in [1.807, 2.05) is 42.5 Å². The maximum absolute atomic E-state index is 5.30. The van der Waals surface area contributed by atoms with Crippen LogP contribution in [-0.2, 0) is 0 Å². The Balaban J connectivity index is 2.44. The van der Waals surface area contributed by atoms with Gasteiger partial charge >= 0.3 is 0 Å². The van der Waals surface area contributed by atoms with Crippen LogP contribution in [-0.4, -0.2) is 20.4 Å². The van der Waals surface area contributed by atoms with Crippen LogP contribution in [0.3, 0.4) is 0 Å². The van der Waals surface area contributed by atoms with Crippen molar-refractivity contribution >= 4 is 6.21 Å². The van der Waals surface area contributed by atoms with Crippen molar-refractivity contribution in [2.45, 2.75) is 0 Å². The van der Waals surface area contributed by atoms with Crippen molar-refractivity contribution in [1.29, 1.82) is 0 Å². The van der Waals surface area contributed by atoms with Crippen LogP contribution in [0.15, 0.2) is 47.6 Å². The minimum absolute atomic E-state index is 0.706. The third-order valence-corrected chi connectivity index (χ3v) is 2.83. The summed E-state index contributed by atoms with van der Waals surface area (Å²) in [5.74, 6) is 6.59. The molecule has 0 atom stereocenters. The number of nitrogens with zero attached hydrogens (tertiary/aromatic N) is 1. The first-order chi connectivity index (χ1) is 9.28. The lowest BCUT2D eigenvalue weighted by Gasteiger charge is -2.10. The number of hydrazone groups is 1. The van der Waals surface area contributed by atoms with E-state index in [2.05, 4.69) is 5.10 Å². The third kappa shape index (κ3) is 2.85. The smallest absolute Gasteiger partial charge is 0.161 e. The Morgan fingerprint density at radius 1 is 0.947 bits per heavy atom.